The molecular weight excluding hydrogens is 316 g/mol. The van der Waals surface area contributed by atoms with Crippen LogP contribution in [-0.4, -0.2) is 28.6 Å². The fourth-order valence-electron chi connectivity index (χ4n) is 1.33. The van der Waals surface area contributed by atoms with Crippen LogP contribution in [0.15, 0.2) is 22.7 Å². The number of carbonyl (C=O) groups excluding carboxylic acids is 1. The maximum Gasteiger partial charge on any atom is 0.270 e. The first-order chi connectivity index (χ1) is 8.82. The first-order valence-corrected chi connectivity index (χ1v) is 6.52. The van der Waals surface area contributed by atoms with Gasteiger partial charge in [-0.2, -0.15) is 0 Å². The minimum Gasteiger partial charge on any atom is -0.391 e. The lowest BCUT2D eigenvalue weighted by molar-refractivity contribution is -0.384. The van der Waals surface area contributed by atoms with E-state index in [1.165, 1.54) is 18.2 Å². The second kappa shape index (κ2) is 6.63. The quantitative estimate of drug-likeness (QED) is 0.638. The Morgan fingerprint density at radius 3 is 2.63 bits per heavy atom. The highest BCUT2D eigenvalue weighted by molar-refractivity contribution is 9.10. The lowest BCUT2D eigenvalue weighted by Crippen LogP contribution is -2.34. The summed E-state index contributed by atoms with van der Waals surface area (Å²) in [7, 11) is 0. The first-order valence-electron chi connectivity index (χ1n) is 5.73. The summed E-state index contributed by atoms with van der Waals surface area (Å²) in [6.07, 6.45) is -0.624. The molecule has 1 rings (SSSR count). The van der Waals surface area contributed by atoms with Crippen molar-refractivity contribution in [3.63, 3.8) is 0 Å². The van der Waals surface area contributed by atoms with Crippen LogP contribution in [0.4, 0.5) is 5.69 Å². The zero-order valence-electron chi connectivity index (χ0n) is 10.6. The zero-order chi connectivity index (χ0) is 14.6. The van der Waals surface area contributed by atoms with Gasteiger partial charge in [0.15, 0.2) is 0 Å². The van der Waals surface area contributed by atoms with Crippen LogP contribution in [0.2, 0.25) is 0 Å². The smallest absolute Gasteiger partial charge is 0.270 e. The molecule has 0 aliphatic heterocycles. The minimum absolute atomic E-state index is 0.0422. The SMILES string of the molecule is CC(C)C(O)CNC(=O)c1ccc([N+](=O)[O-])cc1Br. The van der Waals surface area contributed by atoms with E-state index >= 15 is 0 Å². The molecule has 0 aliphatic carbocycles. The maximum atomic E-state index is 11.9. The number of aliphatic hydroxyl groups is 1. The number of aliphatic hydroxyl groups excluding tert-OH is 1. The number of nitrogens with one attached hydrogen (secondary N) is 1. The molecule has 0 saturated carbocycles. The fourth-order valence-corrected chi connectivity index (χ4v) is 1.88. The molecule has 0 bridgehead atoms. The molecule has 0 aliphatic rings. The molecule has 1 aromatic rings. The van der Waals surface area contributed by atoms with E-state index < -0.39 is 11.0 Å². The van der Waals surface area contributed by atoms with Crippen molar-refractivity contribution in [3.8, 4) is 0 Å². The Balaban J connectivity index is 2.75. The lowest BCUT2D eigenvalue weighted by atomic mass is 10.1. The van der Waals surface area contributed by atoms with Gasteiger partial charge in [-0.25, -0.2) is 0 Å². The van der Waals surface area contributed by atoms with Gasteiger partial charge in [0.2, 0.25) is 0 Å². The molecule has 0 radical (unpaired) electrons. The van der Waals surface area contributed by atoms with Gasteiger partial charge < -0.3 is 10.4 Å². The van der Waals surface area contributed by atoms with Crippen LogP contribution in [0.3, 0.4) is 0 Å². The molecule has 0 fully saturated rings. The minimum atomic E-state index is -0.624. The van der Waals surface area contributed by atoms with E-state index in [0.29, 0.717) is 10.0 Å². The number of halogens is 1. The molecule has 1 unspecified atom stereocenters. The van der Waals surface area contributed by atoms with Gasteiger partial charge in [-0.1, -0.05) is 13.8 Å². The van der Waals surface area contributed by atoms with Gasteiger partial charge in [-0.05, 0) is 27.9 Å². The Morgan fingerprint density at radius 1 is 1.53 bits per heavy atom. The van der Waals surface area contributed by atoms with Crippen LogP contribution in [0.5, 0.6) is 0 Å². The van der Waals surface area contributed by atoms with Crippen molar-refractivity contribution in [1.82, 2.24) is 5.32 Å². The fraction of sp³-hybridized carbons (Fsp3) is 0.417. The summed E-state index contributed by atoms with van der Waals surface area (Å²) < 4.78 is 0.346. The summed E-state index contributed by atoms with van der Waals surface area (Å²) in [5, 5.41) is 22.7. The van der Waals surface area contributed by atoms with E-state index in [1.54, 1.807) is 0 Å². The second-order valence-corrected chi connectivity index (χ2v) is 5.30. The number of carbonyl (C=O) groups is 1. The Morgan fingerprint density at radius 2 is 2.16 bits per heavy atom. The number of nitrogens with zero attached hydrogens (tertiary/aromatic N) is 1. The number of benzene rings is 1. The predicted octanol–water partition coefficient (Wildman–Crippen LogP) is 2.10. The summed E-state index contributed by atoms with van der Waals surface area (Å²) >= 11 is 3.12. The summed E-state index contributed by atoms with van der Waals surface area (Å²) in [5.74, 6) is -0.345. The lowest BCUT2D eigenvalue weighted by Gasteiger charge is -2.15. The van der Waals surface area contributed by atoms with Crippen LogP contribution >= 0.6 is 15.9 Å². The Bertz CT molecular complexity index is 491. The third-order valence-corrected chi connectivity index (χ3v) is 3.31. The van der Waals surface area contributed by atoms with E-state index in [1.807, 2.05) is 13.8 Å². The molecule has 2 N–H and O–H groups in total. The number of hydrogen-bond acceptors (Lipinski definition) is 4. The number of amides is 1. The number of non-ortho nitro benzene ring substituents is 1. The second-order valence-electron chi connectivity index (χ2n) is 4.44. The van der Waals surface area contributed by atoms with Crippen LogP contribution < -0.4 is 5.32 Å². The average Bonchev–Trinajstić information content (AvgIpc) is 2.34. The molecule has 104 valence electrons. The van der Waals surface area contributed by atoms with Crippen molar-refractivity contribution >= 4 is 27.5 Å². The molecular formula is C12H15BrN2O4. The van der Waals surface area contributed by atoms with Gasteiger partial charge >= 0.3 is 0 Å². The monoisotopic (exact) mass is 330 g/mol. The van der Waals surface area contributed by atoms with Gasteiger partial charge in [0, 0.05) is 23.2 Å². The maximum absolute atomic E-state index is 11.9. The standard InChI is InChI=1S/C12H15BrN2O4/c1-7(2)11(16)6-14-12(17)9-4-3-8(15(18)19)5-10(9)13/h3-5,7,11,16H,6H2,1-2H3,(H,14,17). The van der Waals surface area contributed by atoms with E-state index in [-0.39, 0.29) is 24.1 Å². The normalized spacial score (nSPS) is 12.3. The summed E-state index contributed by atoms with van der Waals surface area (Å²) in [5.41, 5.74) is 0.201. The topological polar surface area (TPSA) is 92.5 Å². The first kappa shape index (κ1) is 15.6. The van der Waals surface area contributed by atoms with E-state index in [2.05, 4.69) is 21.2 Å². The van der Waals surface area contributed by atoms with Crippen molar-refractivity contribution < 1.29 is 14.8 Å². The van der Waals surface area contributed by atoms with E-state index in [9.17, 15) is 20.0 Å². The van der Waals surface area contributed by atoms with Gasteiger partial charge in [0.1, 0.15) is 0 Å². The van der Waals surface area contributed by atoms with Gasteiger partial charge in [0.25, 0.3) is 11.6 Å². The highest BCUT2D eigenvalue weighted by Gasteiger charge is 2.16. The number of rotatable bonds is 5. The molecule has 0 saturated heterocycles. The number of nitro benzene ring substituents is 1. The molecule has 6 nitrogen and oxygen atoms in total. The van der Waals surface area contributed by atoms with Crippen molar-refractivity contribution in [3.05, 3.63) is 38.3 Å². The highest BCUT2D eigenvalue weighted by Crippen LogP contribution is 2.22. The summed E-state index contributed by atoms with van der Waals surface area (Å²) in [6.45, 7) is 3.83. The average molecular weight is 331 g/mol. The van der Waals surface area contributed by atoms with E-state index in [4.69, 9.17) is 0 Å². The molecule has 0 aromatic heterocycles. The van der Waals surface area contributed by atoms with Gasteiger partial charge in [0.05, 0.1) is 16.6 Å². The largest absolute Gasteiger partial charge is 0.391 e. The van der Waals surface area contributed by atoms with E-state index in [0.717, 1.165) is 0 Å². The number of hydrogen-bond donors (Lipinski definition) is 2. The Hall–Kier alpha value is -1.47. The summed E-state index contributed by atoms with van der Waals surface area (Å²) in [4.78, 5) is 21.9. The van der Waals surface area contributed by atoms with Crippen molar-refractivity contribution in [2.75, 3.05) is 6.54 Å². The molecule has 0 heterocycles. The highest BCUT2D eigenvalue weighted by atomic mass is 79.9. The molecule has 1 amide bonds. The van der Waals surface area contributed by atoms with Crippen LogP contribution in [-0.2, 0) is 0 Å². The summed E-state index contributed by atoms with van der Waals surface area (Å²) in [6, 6.07) is 3.91. The van der Waals surface area contributed by atoms with Crippen LogP contribution in [0, 0.1) is 16.0 Å². The van der Waals surface area contributed by atoms with Crippen molar-refractivity contribution in [2.24, 2.45) is 5.92 Å². The Kier molecular flexibility index (Phi) is 5.44. The number of nitro groups is 1. The van der Waals surface area contributed by atoms with Crippen LogP contribution in [0.25, 0.3) is 0 Å². The Labute approximate surface area is 119 Å². The van der Waals surface area contributed by atoms with Crippen molar-refractivity contribution in [2.45, 2.75) is 20.0 Å². The molecule has 1 atom stereocenters. The van der Waals surface area contributed by atoms with Gasteiger partial charge in [-0.15, -0.1) is 0 Å². The van der Waals surface area contributed by atoms with Crippen molar-refractivity contribution in [1.29, 1.82) is 0 Å². The third-order valence-electron chi connectivity index (χ3n) is 2.65. The molecule has 19 heavy (non-hydrogen) atoms. The third kappa shape index (κ3) is 4.29. The molecule has 7 heteroatoms. The zero-order valence-corrected chi connectivity index (χ0v) is 12.2. The van der Waals surface area contributed by atoms with Crippen LogP contribution in [0.1, 0.15) is 24.2 Å². The molecule has 0 spiro atoms. The predicted molar refractivity (Wildman–Crippen MR) is 74.0 cm³/mol. The molecule has 1 aromatic carbocycles. The van der Waals surface area contributed by atoms with Gasteiger partial charge in [-0.3, -0.25) is 14.9 Å².